The molecule has 148 valence electrons. The van der Waals surface area contributed by atoms with Gasteiger partial charge in [0.25, 0.3) is 5.91 Å². The van der Waals surface area contributed by atoms with Crippen molar-refractivity contribution in [2.24, 2.45) is 0 Å². The molecule has 1 amide bonds. The molecule has 0 bridgehead atoms. The Kier molecular flexibility index (Phi) is 5.87. The van der Waals surface area contributed by atoms with Crippen LogP contribution in [0.15, 0.2) is 33.9 Å². The van der Waals surface area contributed by atoms with Gasteiger partial charge in [-0.3, -0.25) is 9.78 Å². The number of rotatable bonds is 7. The van der Waals surface area contributed by atoms with E-state index in [9.17, 15) is 13.2 Å². The highest BCUT2D eigenvalue weighted by Crippen LogP contribution is 2.18. The summed E-state index contributed by atoms with van der Waals surface area (Å²) >= 11 is 1.51. The lowest BCUT2D eigenvalue weighted by Crippen LogP contribution is -2.25. The Morgan fingerprint density at radius 3 is 2.50 bits per heavy atom. The molecule has 0 atom stereocenters. The molecule has 3 heterocycles. The Balaban J connectivity index is 1.59. The molecular weight excluding hydrogens is 402 g/mol. The van der Waals surface area contributed by atoms with E-state index in [0.29, 0.717) is 17.8 Å². The highest BCUT2D eigenvalue weighted by atomic mass is 32.2. The van der Waals surface area contributed by atoms with Gasteiger partial charge in [-0.2, -0.15) is 0 Å². The van der Waals surface area contributed by atoms with Gasteiger partial charge in [0.15, 0.2) is 5.76 Å². The lowest BCUT2D eigenvalue weighted by atomic mass is 10.2. The summed E-state index contributed by atoms with van der Waals surface area (Å²) in [4.78, 5) is 21.4. The predicted molar refractivity (Wildman–Crippen MR) is 102 cm³/mol. The minimum absolute atomic E-state index is 0.0292. The molecule has 0 saturated heterocycles. The quantitative estimate of drug-likeness (QED) is 0.596. The number of nitrogens with one attached hydrogen (secondary N) is 2. The van der Waals surface area contributed by atoms with Crippen LogP contribution in [0.25, 0.3) is 0 Å². The minimum Gasteiger partial charge on any atom is -0.360 e. The molecule has 11 heteroatoms. The van der Waals surface area contributed by atoms with E-state index in [1.165, 1.54) is 24.5 Å². The number of sulfonamides is 1. The third-order valence-electron chi connectivity index (χ3n) is 3.85. The molecule has 28 heavy (non-hydrogen) atoms. The van der Waals surface area contributed by atoms with E-state index in [-0.39, 0.29) is 28.8 Å². The highest BCUT2D eigenvalue weighted by molar-refractivity contribution is 7.89. The lowest BCUT2D eigenvalue weighted by Gasteiger charge is -2.07. The van der Waals surface area contributed by atoms with E-state index in [4.69, 9.17) is 4.52 Å². The molecule has 0 aliphatic carbocycles. The van der Waals surface area contributed by atoms with Crippen LogP contribution in [0.4, 0.5) is 0 Å². The summed E-state index contributed by atoms with van der Waals surface area (Å²) in [5.41, 5.74) is 1.16. The maximum Gasteiger partial charge on any atom is 0.270 e. The highest BCUT2D eigenvalue weighted by Gasteiger charge is 2.23. The monoisotopic (exact) mass is 421 g/mol. The number of amides is 1. The summed E-state index contributed by atoms with van der Waals surface area (Å²) in [5.74, 6) is -0.0832. The SMILES string of the molecule is Cc1ncc(CNC(=O)c2ccc(CNS(=O)(=O)c3c(C)noc3C)cn2)s1. The van der Waals surface area contributed by atoms with Crippen molar-refractivity contribution in [2.75, 3.05) is 0 Å². The van der Waals surface area contributed by atoms with Crippen molar-refractivity contribution in [3.63, 3.8) is 0 Å². The van der Waals surface area contributed by atoms with Crippen LogP contribution in [-0.2, 0) is 23.1 Å². The summed E-state index contributed by atoms with van der Waals surface area (Å²) in [6, 6.07) is 3.20. The normalized spacial score (nSPS) is 11.5. The number of nitrogens with zero attached hydrogens (tertiary/aromatic N) is 3. The van der Waals surface area contributed by atoms with Crippen molar-refractivity contribution in [1.82, 2.24) is 25.2 Å². The summed E-state index contributed by atoms with van der Waals surface area (Å²) in [6.07, 6.45) is 3.18. The average Bonchev–Trinajstić information content (AvgIpc) is 3.23. The van der Waals surface area contributed by atoms with E-state index >= 15 is 0 Å². The van der Waals surface area contributed by atoms with Gasteiger partial charge >= 0.3 is 0 Å². The number of carbonyl (C=O) groups excluding carboxylic acids is 1. The maximum atomic E-state index is 12.4. The number of thiazole rings is 1. The zero-order chi connectivity index (χ0) is 20.3. The topological polar surface area (TPSA) is 127 Å². The fourth-order valence-electron chi connectivity index (χ4n) is 2.52. The Bertz CT molecular complexity index is 1070. The lowest BCUT2D eigenvalue weighted by molar-refractivity contribution is 0.0946. The van der Waals surface area contributed by atoms with Gasteiger partial charge in [-0.05, 0) is 32.4 Å². The van der Waals surface area contributed by atoms with Crippen molar-refractivity contribution >= 4 is 27.3 Å². The summed E-state index contributed by atoms with van der Waals surface area (Å²) in [6.45, 7) is 5.41. The molecule has 3 aromatic heterocycles. The Labute approximate surface area is 166 Å². The van der Waals surface area contributed by atoms with Crippen molar-refractivity contribution in [3.05, 3.63) is 57.1 Å². The molecule has 0 aromatic carbocycles. The Morgan fingerprint density at radius 1 is 1.14 bits per heavy atom. The van der Waals surface area contributed by atoms with Crippen LogP contribution in [0, 0.1) is 20.8 Å². The third kappa shape index (κ3) is 4.61. The third-order valence-corrected chi connectivity index (χ3v) is 6.41. The molecule has 0 aliphatic heterocycles. The number of hydrogen-bond donors (Lipinski definition) is 2. The Hall–Kier alpha value is -2.63. The van der Waals surface area contributed by atoms with Gasteiger partial charge in [0, 0.05) is 23.8 Å². The maximum absolute atomic E-state index is 12.4. The number of pyridine rings is 1. The van der Waals surface area contributed by atoms with E-state index in [2.05, 4.69) is 25.2 Å². The smallest absolute Gasteiger partial charge is 0.270 e. The Morgan fingerprint density at radius 2 is 1.93 bits per heavy atom. The predicted octanol–water partition coefficient (Wildman–Crippen LogP) is 1.86. The average molecular weight is 422 g/mol. The molecule has 0 saturated carbocycles. The molecule has 0 aliphatic rings. The fraction of sp³-hybridized carbons (Fsp3) is 0.294. The standard InChI is InChI=1S/C17H19N5O4S2/c1-10-16(11(2)26-22-10)28(24,25)21-7-13-4-5-15(19-6-13)17(23)20-9-14-8-18-12(3)27-14/h4-6,8,21H,7,9H2,1-3H3,(H,20,23). The molecule has 0 fully saturated rings. The first kappa shape index (κ1) is 20.1. The van der Waals surface area contributed by atoms with Crippen molar-refractivity contribution in [3.8, 4) is 0 Å². The van der Waals surface area contributed by atoms with Gasteiger partial charge < -0.3 is 9.84 Å². The first-order valence-electron chi connectivity index (χ1n) is 8.33. The van der Waals surface area contributed by atoms with Crippen LogP contribution in [-0.4, -0.2) is 29.4 Å². The van der Waals surface area contributed by atoms with E-state index in [1.807, 2.05) is 6.92 Å². The number of hydrogen-bond acceptors (Lipinski definition) is 8. The number of aryl methyl sites for hydroxylation is 3. The van der Waals surface area contributed by atoms with Crippen LogP contribution in [0.3, 0.4) is 0 Å². The first-order valence-corrected chi connectivity index (χ1v) is 10.6. The summed E-state index contributed by atoms with van der Waals surface area (Å²) < 4.78 is 32.2. The van der Waals surface area contributed by atoms with Gasteiger partial charge in [0.2, 0.25) is 10.0 Å². The van der Waals surface area contributed by atoms with Crippen LogP contribution in [0.1, 0.15) is 37.4 Å². The molecule has 3 rings (SSSR count). The molecular formula is C17H19N5O4S2. The van der Waals surface area contributed by atoms with Gasteiger partial charge in [-0.1, -0.05) is 11.2 Å². The minimum atomic E-state index is -3.76. The molecule has 3 aromatic rings. The van der Waals surface area contributed by atoms with Crippen molar-refractivity contribution in [2.45, 2.75) is 38.8 Å². The van der Waals surface area contributed by atoms with E-state index in [1.54, 1.807) is 25.3 Å². The van der Waals surface area contributed by atoms with Crippen LogP contribution < -0.4 is 10.0 Å². The van der Waals surface area contributed by atoms with Crippen LogP contribution in [0.5, 0.6) is 0 Å². The van der Waals surface area contributed by atoms with Gasteiger partial charge in [0.05, 0.1) is 11.6 Å². The van der Waals surface area contributed by atoms with Gasteiger partial charge in [-0.25, -0.2) is 18.1 Å². The van der Waals surface area contributed by atoms with Gasteiger partial charge in [0.1, 0.15) is 16.3 Å². The molecule has 0 radical (unpaired) electrons. The van der Waals surface area contributed by atoms with Crippen LogP contribution in [0.2, 0.25) is 0 Å². The first-order chi connectivity index (χ1) is 13.3. The molecule has 9 nitrogen and oxygen atoms in total. The van der Waals surface area contributed by atoms with Gasteiger partial charge in [-0.15, -0.1) is 11.3 Å². The fourth-order valence-corrected chi connectivity index (χ4v) is 4.59. The second kappa shape index (κ2) is 8.17. The summed E-state index contributed by atoms with van der Waals surface area (Å²) in [7, 11) is -3.76. The number of carbonyl (C=O) groups is 1. The zero-order valence-electron chi connectivity index (χ0n) is 15.5. The summed E-state index contributed by atoms with van der Waals surface area (Å²) in [5, 5.41) is 7.37. The van der Waals surface area contributed by atoms with Crippen LogP contribution >= 0.6 is 11.3 Å². The second-order valence-corrected chi connectivity index (χ2v) is 9.08. The van der Waals surface area contributed by atoms with E-state index < -0.39 is 10.0 Å². The molecule has 2 N–H and O–H groups in total. The molecule has 0 spiro atoms. The zero-order valence-corrected chi connectivity index (χ0v) is 17.1. The second-order valence-electron chi connectivity index (χ2n) is 6.06. The van der Waals surface area contributed by atoms with Crippen molar-refractivity contribution in [1.29, 1.82) is 0 Å². The van der Waals surface area contributed by atoms with E-state index in [0.717, 1.165) is 9.88 Å². The largest absolute Gasteiger partial charge is 0.360 e. The van der Waals surface area contributed by atoms with Crippen molar-refractivity contribution < 1.29 is 17.7 Å². The molecule has 0 unspecified atom stereocenters. The number of aromatic nitrogens is 3.